The van der Waals surface area contributed by atoms with Gasteiger partial charge in [-0.25, -0.2) is 14.6 Å². The molecule has 1 aliphatic heterocycles. The minimum atomic E-state index is -0.0831. The molecule has 1 aromatic carbocycles. The quantitative estimate of drug-likeness (QED) is 0.739. The first-order chi connectivity index (χ1) is 13.6. The van der Waals surface area contributed by atoms with E-state index in [4.69, 9.17) is 0 Å². The van der Waals surface area contributed by atoms with Gasteiger partial charge in [-0.3, -0.25) is 4.79 Å². The second kappa shape index (κ2) is 7.96. The molecule has 1 aliphatic rings. The third-order valence-corrected chi connectivity index (χ3v) is 5.53. The normalized spacial score (nSPS) is 15.1. The van der Waals surface area contributed by atoms with Crippen LogP contribution in [-0.2, 0) is 17.9 Å². The average molecular weight is 378 g/mol. The molecule has 1 saturated heterocycles. The molecule has 0 spiro atoms. The number of benzene rings is 1. The monoisotopic (exact) mass is 378 g/mol. The molecule has 3 heterocycles. The van der Waals surface area contributed by atoms with Gasteiger partial charge in [-0.15, -0.1) is 0 Å². The highest BCUT2D eigenvalue weighted by Gasteiger charge is 2.21. The van der Waals surface area contributed by atoms with E-state index in [0.717, 1.165) is 35.8 Å². The SMILES string of the molecule is Cc1ccccc1CNC(=O)Cn1ncc2c(N3CCC(C)CC3)ncnc21. The number of aromatic nitrogens is 4. The van der Waals surface area contributed by atoms with Crippen molar-refractivity contribution in [1.82, 2.24) is 25.1 Å². The van der Waals surface area contributed by atoms with E-state index in [1.165, 1.54) is 18.4 Å². The van der Waals surface area contributed by atoms with Gasteiger partial charge in [0.15, 0.2) is 5.65 Å². The lowest BCUT2D eigenvalue weighted by atomic mass is 9.99. The number of fused-ring (bicyclic) bond motifs is 1. The summed E-state index contributed by atoms with van der Waals surface area (Å²) < 4.78 is 1.65. The summed E-state index contributed by atoms with van der Waals surface area (Å²) in [5, 5.41) is 8.28. The second-order valence-corrected chi connectivity index (χ2v) is 7.61. The lowest BCUT2D eigenvalue weighted by Crippen LogP contribution is -2.33. The smallest absolute Gasteiger partial charge is 0.242 e. The van der Waals surface area contributed by atoms with Crippen LogP contribution in [0.15, 0.2) is 36.8 Å². The van der Waals surface area contributed by atoms with E-state index in [-0.39, 0.29) is 12.5 Å². The molecule has 0 radical (unpaired) electrons. The Balaban J connectivity index is 1.46. The van der Waals surface area contributed by atoms with E-state index in [1.807, 2.05) is 31.2 Å². The van der Waals surface area contributed by atoms with Crippen LogP contribution in [0.25, 0.3) is 11.0 Å². The summed E-state index contributed by atoms with van der Waals surface area (Å²) in [6.45, 7) is 6.98. The molecule has 1 amide bonds. The van der Waals surface area contributed by atoms with Crippen molar-refractivity contribution in [3.63, 3.8) is 0 Å². The van der Waals surface area contributed by atoms with Crippen molar-refractivity contribution in [3.8, 4) is 0 Å². The van der Waals surface area contributed by atoms with Crippen LogP contribution >= 0.6 is 0 Å². The standard InChI is InChI=1S/C21H26N6O/c1-15-7-9-26(10-8-15)20-18-12-25-27(21(18)24-14-23-20)13-19(28)22-11-17-6-4-3-5-16(17)2/h3-6,12,14-15H,7-11,13H2,1-2H3,(H,22,28). The molecule has 1 N–H and O–H groups in total. The predicted molar refractivity (Wildman–Crippen MR) is 109 cm³/mol. The summed E-state index contributed by atoms with van der Waals surface area (Å²) in [6, 6.07) is 8.05. The van der Waals surface area contributed by atoms with Gasteiger partial charge in [-0.1, -0.05) is 31.2 Å². The van der Waals surface area contributed by atoms with E-state index >= 15 is 0 Å². The van der Waals surface area contributed by atoms with Gasteiger partial charge in [-0.05, 0) is 36.8 Å². The predicted octanol–water partition coefficient (Wildman–Crippen LogP) is 2.69. The maximum atomic E-state index is 12.4. The molecule has 0 bridgehead atoms. The Kier molecular flexibility index (Phi) is 5.23. The molecular weight excluding hydrogens is 352 g/mol. The summed E-state index contributed by atoms with van der Waals surface area (Å²) in [5.74, 6) is 1.59. The lowest BCUT2D eigenvalue weighted by molar-refractivity contribution is -0.121. The number of nitrogens with one attached hydrogen (secondary N) is 1. The molecule has 1 fully saturated rings. The minimum Gasteiger partial charge on any atom is -0.356 e. The lowest BCUT2D eigenvalue weighted by Gasteiger charge is -2.31. The Labute approximate surface area is 164 Å². The van der Waals surface area contributed by atoms with Crippen LogP contribution in [-0.4, -0.2) is 38.7 Å². The fraction of sp³-hybridized carbons (Fsp3) is 0.429. The largest absolute Gasteiger partial charge is 0.356 e. The number of hydrogen-bond acceptors (Lipinski definition) is 5. The molecule has 0 atom stereocenters. The van der Waals surface area contributed by atoms with Gasteiger partial charge in [0, 0.05) is 19.6 Å². The van der Waals surface area contributed by atoms with Crippen LogP contribution in [0.4, 0.5) is 5.82 Å². The van der Waals surface area contributed by atoms with E-state index in [9.17, 15) is 4.79 Å². The zero-order valence-electron chi connectivity index (χ0n) is 16.4. The number of anilines is 1. The van der Waals surface area contributed by atoms with Gasteiger partial charge in [0.25, 0.3) is 0 Å². The van der Waals surface area contributed by atoms with Crippen molar-refractivity contribution in [2.75, 3.05) is 18.0 Å². The Bertz CT molecular complexity index is 974. The highest BCUT2D eigenvalue weighted by molar-refractivity contribution is 5.87. The highest BCUT2D eigenvalue weighted by Crippen LogP contribution is 2.27. The van der Waals surface area contributed by atoms with Crippen molar-refractivity contribution < 1.29 is 4.79 Å². The first kappa shape index (κ1) is 18.4. The molecule has 2 aromatic heterocycles. The molecule has 4 rings (SSSR count). The number of hydrogen-bond donors (Lipinski definition) is 1. The van der Waals surface area contributed by atoms with Crippen LogP contribution < -0.4 is 10.2 Å². The van der Waals surface area contributed by atoms with Crippen LogP contribution in [0.2, 0.25) is 0 Å². The number of carbonyl (C=O) groups is 1. The van der Waals surface area contributed by atoms with Crippen LogP contribution in [0.3, 0.4) is 0 Å². The maximum absolute atomic E-state index is 12.4. The van der Waals surface area contributed by atoms with E-state index in [0.29, 0.717) is 12.2 Å². The summed E-state index contributed by atoms with van der Waals surface area (Å²) >= 11 is 0. The van der Waals surface area contributed by atoms with Crippen LogP contribution in [0, 0.1) is 12.8 Å². The highest BCUT2D eigenvalue weighted by atomic mass is 16.2. The van der Waals surface area contributed by atoms with Gasteiger partial charge in [0.1, 0.15) is 18.7 Å². The van der Waals surface area contributed by atoms with Gasteiger partial charge in [0.05, 0.1) is 11.6 Å². The van der Waals surface area contributed by atoms with Crippen molar-refractivity contribution in [2.24, 2.45) is 5.92 Å². The first-order valence-corrected chi connectivity index (χ1v) is 9.84. The van der Waals surface area contributed by atoms with Gasteiger partial charge >= 0.3 is 0 Å². The van der Waals surface area contributed by atoms with E-state index < -0.39 is 0 Å². The number of amides is 1. The number of rotatable bonds is 5. The third-order valence-electron chi connectivity index (χ3n) is 5.53. The first-order valence-electron chi connectivity index (χ1n) is 9.84. The Morgan fingerprint density at radius 1 is 1.21 bits per heavy atom. The molecule has 3 aromatic rings. The number of carbonyl (C=O) groups excluding carboxylic acids is 1. The zero-order chi connectivity index (χ0) is 19.5. The number of aryl methyl sites for hydroxylation is 1. The molecule has 7 heteroatoms. The van der Waals surface area contributed by atoms with Gasteiger partial charge in [-0.2, -0.15) is 5.10 Å². The summed E-state index contributed by atoms with van der Waals surface area (Å²) in [5.41, 5.74) is 2.99. The Morgan fingerprint density at radius 2 is 2.00 bits per heavy atom. The second-order valence-electron chi connectivity index (χ2n) is 7.61. The summed E-state index contributed by atoms with van der Waals surface area (Å²) in [7, 11) is 0. The molecular formula is C21H26N6O. The fourth-order valence-corrected chi connectivity index (χ4v) is 3.66. The zero-order valence-corrected chi connectivity index (χ0v) is 16.4. The van der Waals surface area contributed by atoms with Crippen LogP contribution in [0.1, 0.15) is 30.9 Å². The Hall–Kier alpha value is -2.96. The summed E-state index contributed by atoms with van der Waals surface area (Å²) in [4.78, 5) is 23.6. The van der Waals surface area contributed by atoms with E-state index in [1.54, 1.807) is 17.2 Å². The van der Waals surface area contributed by atoms with E-state index in [2.05, 4.69) is 32.2 Å². The number of nitrogens with zero attached hydrogens (tertiary/aromatic N) is 5. The molecule has 28 heavy (non-hydrogen) atoms. The van der Waals surface area contributed by atoms with Gasteiger partial charge in [0.2, 0.25) is 5.91 Å². The number of piperidine rings is 1. The van der Waals surface area contributed by atoms with Crippen molar-refractivity contribution in [2.45, 2.75) is 39.8 Å². The van der Waals surface area contributed by atoms with Gasteiger partial charge < -0.3 is 10.2 Å². The fourth-order valence-electron chi connectivity index (χ4n) is 3.66. The Morgan fingerprint density at radius 3 is 2.79 bits per heavy atom. The molecule has 146 valence electrons. The average Bonchev–Trinajstić information content (AvgIpc) is 3.11. The topological polar surface area (TPSA) is 75.9 Å². The molecule has 0 aliphatic carbocycles. The molecule has 7 nitrogen and oxygen atoms in total. The minimum absolute atomic E-state index is 0.0831. The third kappa shape index (κ3) is 3.83. The maximum Gasteiger partial charge on any atom is 0.242 e. The van der Waals surface area contributed by atoms with Crippen LogP contribution in [0.5, 0.6) is 0 Å². The molecule has 0 saturated carbocycles. The van der Waals surface area contributed by atoms with Crippen molar-refractivity contribution in [3.05, 3.63) is 47.9 Å². The van der Waals surface area contributed by atoms with Crippen molar-refractivity contribution in [1.29, 1.82) is 0 Å². The summed E-state index contributed by atoms with van der Waals surface area (Å²) in [6.07, 6.45) is 5.68. The van der Waals surface area contributed by atoms with Crippen molar-refractivity contribution >= 4 is 22.8 Å². The molecule has 0 unspecified atom stereocenters.